The molecular formula is C15H18BrFIN5. The minimum atomic E-state index is -0.308. The molecule has 0 aliphatic heterocycles. The van der Waals surface area contributed by atoms with Gasteiger partial charge in [-0.3, -0.25) is 10.4 Å². The number of rotatable bonds is 7. The third kappa shape index (κ3) is 6.69. The number of nitrogens with zero attached hydrogens (tertiary/aromatic N) is 1. The van der Waals surface area contributed by atoms with Crippen LogP contribution in [0.25, 0.3) is 0 Å². The number of nitrogens with two attached hydrogens (primary N) is 2. The predicted octanol–water partition coefficient (Wildman–Crippen LogP) is 3.71. The standard InChI is InChI=1S/C15H18BrFIN5/c1-2-22-15(16)9(8-19)5-11(7-14(20)21)23-13-4-3-10(17)6-12(13)18/h3-4,6-8,23H,2,5,19H2,1H3,(H3,20,21)/b9-8?,11-7-,22-15?. The second-order valence-corrected chi connectivity index (χ2v) is 6.42. The van der Waals surface area contributed by atoms with Gasteiger partial charge in [-0.2, -0.15) is 0 Å². The van der Waals surface area contributed by atoms with Crippen LogP contribution in [0.1, 0.15) is 13.3 Å². The van der Waals surface area contributed by atoms with Crippen LogP contribution in [0.15, 0.2) is 46.7 Å². The molecule has 124 valence electrons. The van der Waals surface area contributed by atoms with E-state index in [1.54, 1.807) is 6.07 Å². The van der Waals surface area contributed by atoms with Crippen molar-refractivity contribution in [3.63, 3.8) is 0 Å². The molecule has 5 nitrogen and oxygen atoms in total. The summed E-state index contributed by atoms with van der Waals surface area (Å²) in [6.45, 7) is 2.54. The number of aliphatic imine (C=N–C) groups is 1. The second-order valence-electron chi connectivity index (χ2n) is 4.51. The molecule has 0 bridgehead atoms. The lowest BCUT2D eigenvalue weighted by molar-refractivity contribution is 0.627. The number of allylic oxidation sites excluding steroid dienone is 1. The van der Waals surface area contributed by atoms with E-state index in [9.17, 15) is 4.39 Å². The van der Waals surface area contributed by atoms with Crippen molar-refractivity contribution in [3.8, 4) is 0 Å². The lowest BCUT2D eigenvalue weighted by Crippen LogP contribution is -2.12. The van der Waals surface area contributed by atoms with Crippen molar-refractivity contribution in [1.82, 2.24) is 0 Å². The first-order chi connectivity index (χ1) is 10.9. The van der Waals surface area contributed by atoms with Crippen molar-refractivity contribution in [3.05, 3.63) is 51.1 Å². The van der Waals surface area contributed by atoms with Gasteiger partial charge < -0.3 is 16.8 Å². The molecule has 0 fully saturated rings. The van der Waals surface area contributed by atoms with E-state index >= 15 is 0 Å². The maximum absolute atomic E-state index is 13.2. The van der Waals surface area contributed by atoms with E-state index in [0.717, 1.165) is 14.8 Å². The maximum atomic E-state index is 13.2. The van der Waals surface area contributed by atoms with E-state index in [0.29, 0.717) is 23.3 Å². The van der Waals surface area contributed by atoms with Crippen molar-refractivity contribution in [2.75, 3.05) is 11.9 Å². The van der Waals surface area contributed by atoms with Gasteiger partial charge in [0.2, 0.25) is 0 Å². The van der Waals surface area contributed by atoms with Gasteiger partial charge in [-0.15, -0.1) is 0 Å². The van der Waals surface area contributed by atoms with Gasteiger partial charge >= 0.3 is 0 Å². The average molecular weight is 494 g/mol. The molecule has 0 saturated carbocycles. The normalized spacial score (nSPS) is 13.1. The summed E-state index contributed by atoms with van der Waals surface area (Å²) < 4.78 is 14.6. The Bertz CT molecular complexity index is 670. The van der Waals surface area contributed by atoms with Gasteiger partial charge in [0.05, 0.1) is 5.69 Å². The fourth-order valence-corrected chi connectivity index (χ4v) is 2.86. The molecule has 8 heteroatoms. The van der Waals surface area contributed by atoms with E-state index in [2.05, 4.69) is 26.2 Å². The van der Waals surface area contributed by atoms with E-state index < -0.39 is 0 Å². The zero-order valence-corrected chi connectivity index (χ0v) is 16.3. The van der Waals surface area contributed by atoms with E-state index in [1.807, 2.05) is 29.5 Å². The highest BCUT2D eigenvalue weighted by molar-refractivity contribution is 14.1. The van der Waals surface area contributed by atoms with Crippen LogP contribution < -0.4 is 16.8 Å². The van der Waals surface area contributed by atoms with Crippen LogP contribution >= 0.6 is 38.5 Å². The summed E-state index contributed by atoms with van der Waals surface area (Å²) in [6.07, 6.45) is 3.34. The fourth-order valence-electron chi connectivity index (χ4n) is 1.73. The zero-order valence-electron chi connectivity index (χ0n) is 12.5. The quantitative estimate of drug-likeness (QED) is 0.264. The van der Waals surface area contributed by atoms with E-state index in [-0.39, 0.29) is 11.7 Å². The molecule has 0 spiro atoms. The number of anilines is 1. The lowest BCUT2D eigenvalue weighted by Gasteiger charge is -2.14. The molecule has 0 aromatic heterocycles. The minimum absolute atomic E-state index is 0.0930. The first kappa shape index (κ1) is 19.6. The van der Waals surface area contributed by atoms with Gasteiger partial charge in [-0.25, -0.2) is 4.39 Å². The number of hydrogen-bond donors (Lipinski definition) is 4. The maximum Gasteiger partial charge on any atom is 0.124 e. The van der Waals surface area contributed by atoms with Gasteiger partial charge in [0.15, 0.2) is 0 Å². The number of halogens is 3. The summed E-state index contributed by atoms with van der Waals surface area (Å²) in [5.41, 5.74) is 13.3. The van der Waals surface area contributed by atoms with Gasteiger partial charge in [-0.05, 0) is 69.7 Å². The van der Waals surface area contributed by atoms with Crippen molar-refractivity contribution in [1.29, 1.82) is 5.41 Å². The third-order valence-electron chi connectivity index (χ3n) is 2.70. The molecule has 0 heterocycles. The summed E-state index contributed by atoms with van der Waals surface area (Å²) in [5.74, 6) is -0.401. The Morgan fingerprint density at radius 2 is 2.22 bits per heavy atom. The molecule has 6 N–H and O–H groups in total. The van der Waals surface area contributed by atoms with Gasteiger partial charge in [0, 0.05) is 34.0 Å². The van der Waals surface area contributed by atoms with Crippen LogP contribution in [-0.4, -0.2) is 17.0 Å². The van der Waals surface area contributed by atoms with Gasteiger partial charge in [0.25, 0.3) is 0 Å². The topological polar surface area (TPSA) is 100 Å². The smallest absolute Gasteiger partial charge is 0.124 e. The SMILES string of the molecule is CCN=C(Br)C(=CN)C/C(=C/C(=N)N)Nc1ccc(F)cc1I. The zero-order chi connectivity index (χ0) is 17.4. The van der Waals surface area contributed by atoms with Crippen molar-refractivity contribution in [2.24, 2.45) is 16.5 Å². The molecule has 0 aliphatic rings. The average Bonchev–Trinajstić information content (AvgIpc) is 2.47. The molecule has 0 radical (unpaired) electrons. The van der Waals surface area contributed by atoms with Crippen molar-refractivity contribution >= 4 is 54.7 Å². The fraction of sp³-hybridized carbons (Fsp3) is 0.200. The molecule has 1 aromatic rings. The third-order valence-corrected chi connectivity index (χ3v) is 4.35. The number of amidine groups is 1. The summed E-state index contributed by atoms with van der Waals surface area (Å²) in [5, 5.41) is 10.6. The van der Waals surface area contributed by atoms with Crippen LogP contribution in [0.5, 0.6) is 0 Å². The Kier molecular flexibility index (Phi) is 8.24. The van der Waals surface area contributed by atoms with Crippen LogP contribution in [0, 0.1) is 14.8 Å². The highest BCUT2D eigenvalue weighted by atomic mass is 127. The van der Waals surface area contributed by atoms with Crippen LogP contribution in [-0.2, 0) is 0 Å². The molecule has 1 rings (SSSR count). The Morgan fingerprint density at radius 1 is 1.52 bits per heavy atom. The summed E-state index contributed by atoms with van der Waals surface area (Å²) in [7, 11) is 0. The van der Waals surface area contributed by atoms with E-state index in [1.165, 1.54) is 24.4 Å². The Hall–Kier alpha value is -1.42. The molecule has 0 atom stereocenters. The van der Waals surface area contributed by atoms with Crippen LogP contribution in [0.2, 0.25) is 0 Å². The van der Waals surface area contributed by atoms with E-state index in [4.69, 9.17) is 16.9 Å². The first-order valence-electron chi connectivity index (χ1n) is 6.75. The summed E-state index contributed by atoms with van der Waals surface area (Å²) in [4.78, 5) is 4.26. The monoisotopic (exact) mass is 493 g/mol. The van der Waals surface area contributed by atoms with Crippen molar-refractivity contribution < 1.29 is 4.39 Å². The number of nitrogens with one attached hydrogen (secondary N) is 2. The van der Waals surface area contributed by atoms with Crippen molar-refractivity contribution in [2.45, 2.75) is 13.3 Å². The highest BCUT2D eigenvalue weighted by Crippen LogP contribution is 2.23. The summed E-state index contributed by atoms with van der Waals surface area (Å²) >= 11 is 5.42. The highest BCUT2D eigenvalue weighted by Gasteiger charge is 2.10. The molecule has 0 amide bonds. The first-order valence-corrected chi connectivity index (χ1v) is 8.62. The molecule has 0 aliphatic carbocycles. The number of hydrogen-bond acceptors (Lipinski definition) is 4. The second kappa shape index (κ2) is 9.66. The molecular weight excluding hydrogens is 476 g/mol. The Morgan fingerprint density at radius 3 is 2.74 bits per heavy atom. The van der Waals surface area contributed by atoms with Crippen LogP contribution in [0.4, 0.5) is 10.1 Å². The van der Waals surface area contributed by atoms with Gasteiger partial charge in [0.1, 0.15) is 16.3 Å². The molecule has 0 saturated heterocycles. The molecule has 1 aromatic carbocycles. The number of benzene rings is 1. The Labute approximate surface area is 156 Å². The Balaban J connectivity index is 3.06. The molecule has 0 unspecified atom stereocenters. The van der Waals surface area contributed by atoms with Crippen LogP contribution in [0.3, 0.4) is 0 Å². The van der Waals surface area contributed by atoms with Gasteiger partial charge in [-0.1, -0.05) is 0 Å². The summed E-state index contributed by atoms with van der Waals surface area (Å²) in [6, 6.07) is 4.42. The predicted molar refractivity (Wildman–Crippen MR) is 107 cm³/mol. The minimum Gasteiger partial charge on any atom is -0.404 e. The lowest BCUT2D eigenvalue weighted by atomic mass is 10.1. The largest absolute Gasteiger partial charge is 0.404 e. The molecule has 23 heavy (non-hydrogen) atoms.